The summed E-state index contributed by atoms with van der Waals surface area (Å²) in [6.45, 7) is 0.427. The third kappa shape index (κ3) is 5.45. The topological polar surface area (TPSA) is 103 Å². The Balaban J connectivity index is 1.52. The predicted octanol–water partition coefficient (Wildman–Crippen LogP) is 3.96. The van der Waals surface area contributed by atoms with Gasteiger partial charge in [0, 0.05) is 11.3 Å². The van der Waals surface area contributed by atoms with Crippen LogP contribution in [0.1, 0.15) is 15.9 Å². The van der Waals surface area contributed by atoms with Crippen LogP contribution >= 0.6 is 11.8 Å². The molecule has 0 radical (unpaired) electrons. The maximum atomic E-state index is 14.5. The maximum absolute atomic E-state index is 14.5. The summed E-state index contributed by atoms with van der Waals surface area (Å²) < 4.78 is 16.3. The molecule has 3 aromatic carbocycles. The molecule has 0 bridgehead atoms. The normalized spacial score (nSPS) is 10.7. The van der Waals surface area contributed by atoms with Gasteiger partial charge in [0.15, 0.2) is 11.0 Å². The molecule has 166 valence electrons. The van der Waals surface area contributed by atoms with Gasteiger partial charge in [-0.3, -0.25) is 14.2 Å². The van der Waals surface area contributed by atoms with Crippen molar-refractivity contribution in [2.75, 3.05) is 11.1 Å². The molecule has 0 atom stereocenters. The lowest BCUT2D eigenvalue weighted by molar-refractivity contribution is -0.113. The number of carbonyl (C=O) groups excluding carboxylic acids is 2. The van der Waals surface area contributed by atoms with Crippen molar-refractivity contribution < 1.29 is 14.0 Å². The van der Waals surface area contributed by atoms with Gasteiger partial charge in [-0.15, -0.1) is 10.2 Å². The van der Waals surface area contributed by atoms with Crippen LogP contribution in [-0.4, -0.2) is 32.3 Å². The summed E-state index contributed by atoms with van der Waals surface area (Å²) >= 11 is 1.20. The smallest absolute Gasteiger partial charge is 0.248 e. The highest BCUT2D eigenvalue weighted by molar-refractivity contribution is 7.99. The largest absolute Gasteiger partial charge is 0.366 e. The zero-order chi connectivity index (χ0) is 23.2. The summed E-state index contributed by atoms with van der Waals surface area (Å²) in [6.07, 6.45) is 0. The molecule has 9 heteroatoms. The number of amides is 2. The number of anilines is 1. The van der Waals surface area contributed by atoms with Gasteiger partial charge in [0.25, 0.3) is 0 Å². The highest BCUT2D eigenvalue weighted by Crippen LogP contribution is 2.27. The molecule has 2 amide bonds. The Bertz CT molecular complexity index is 1280. The Labute approximate surface area is 193 Å². The van der Waals surface area contributed by atoms with Gasteiger partial charge in [0.2, 0.25) is 11.8 Å². The van der Waals surface area contributed by atoms with E-state index in [1.165, 1.54) is 17.8 Å². The third-order valence-corrected chi connectivity index (χ3v) is 5.77. The fourth-order valence-electron chi connectivity index (χ4n) is 3.19. The number of thioether (sulfide) groups is 1. The molecule has 0 aliphatic rings. The first kappa shape index (κ1) is 22.2. The van der Waals surface area contributed by atoms with E-state index in [-0.39, 0.29) is 11.7 Å². The molecule has 1 heterocycles. The van der Waals surface area contributed by atoms with E-state index in [0.29, 0.717) is 34.3 Å². The summed E-state index contributed by atoms with van der Waals surface area (Å²) in [5.41, 5.74) is 7.47. The highest BCUT2D eigenvalue weighted by atomic mass is 32.2. The van der Waals surface area contributed by atoms with E-state index in [0.717, 1.165) is 5.56 Å². The summed E-state index contributed by atoms with van der Waals surface area (Å²) in [5.74, 6) is -0.725. The Morgan fingerprint density at radius 3 is 2.33 bits per heavy atom. The monoisotopic (exact) mass is 461 g/mol. The van der Waals surface area contributed by atoms with Gasteiger partial charge < -0.3 is 11.1 Å². The number of benzene rings is 3. The van der Waals surface area contributed by atoms with Crippen LogP contribution in [0.2, 0.25) is 0 Å². The van der Waals surface area contributed by atoms with Crippen LogP contribution < -0.4 is 11.1 Å². The van der Waals surface area contributed by atoms with E-state index in [4.69, 9.17) is 5.73 Å². The van der Waals surface area contributed by atoms with Crippen molar-refractivity contribution in [1.82, 2.24) is 14.8 Å². The van der Waals surface area contributed by atoms with Gasteiger partial charge in [-0.25, -0.2) is 4.39 Å². The van der Waals surface area contributed by atoms with Crippen LogP contribution in [0.4, 0.5) is 10.1 Å². The molecule has 0 aliphatic heterocycles. The van der Waals surface area contributed by atoms with Gasteiger partial charge in [0.1, 0.15) is 5.82 Å². The lowest BCUT2D eigenvalue weighted by atomic mass is 10.2. The van der Waals surface area contributed by atoms with E-state index in [1.807, 2.05) is 30.3 Å². The average molecular weight is 462 g/mol. The van der Waals surface area contributed by atoms with Crippen LogP contribution in [0.25, 0.3) is 11.4 Å². The minimum atomic E-state index is -0.535. The van der Waals surface area contributed by atoms with Gasteiger partial charge in [-0.05, 0) is 42.0 Å². The minimum Gasteiger partial charge on any atom is -0.366 e. The number of aromatic nitrogens is 3. The molecule has 0 saturated carbocycles. The molecule has 7 nitrogen and oxygen atoms in total. The second-order valence-corrected chi connectivity index (χ2v) is 8.08. The lowest BCUT2D eigenvalue weighted by Crippen LogP contribution is -2.15. The Hall–Kier alpha value is -3.98. The summed E-state index contributed by atoms with van der Waals surface area (Å²) in [5, 5.41) is 11.7. The highest BCUT2D eigenvalue weighted by Gasteiger charge is 2.18. The number of nitrogens with zero attached hydrogens (tertiary/aromatic N) is 3. The number of rotatable bonds is 8. The number of primary amides is 1. The molecule has 1 aromatic heterocycles. The van der Waals surface area contributed by atoms with Crippen LogP contribution in [0.3, 0.4) is 0 Å². The van der Waals surface area contributed by atoms with E-state index < -0.39 is 11.7 Å². The van der Waals surface area contributed by atoms with Gasteiger partial charge in [-0.1, -0.05) is 54.2 Å². The molecular weight excluding hydrogens is 441 g/mol. The number of carbonyl (C=O) groups is 2. The van der Waals surface area contributed by atoms with E-state index in [9.17, 15) is 14.0 Å². The molecule has 0 spiro atoms. The SMILES string of the molecule is NC(=O)c1ccc(NC(=O)CSc2nnc(-c3ccccc3F)n2Cc2ccccc2)cc1. The van der Waals surface area contributed by atoms with E-state index >= 15 is 0 Å². The quantitative estimate of drug-likeness (QED) is 0.387. The van der Waals surface area contributed by atoms with Crippen molar-refractivity contribution in [2.24, 2.45) is 5.73 Å². The second kappa shape index (κ2) is 10.1. The summed E-state index contributed by atoms with van der Waals surface area (Å²) in [6, 6.07) is 22.4. The average Bonchev–Trinajstić information content (AvgIpc) is 3.21. The molecule has 33 heavy (non-hydrogen) atoms. The van der Waals surface area contributed by atoms with Crippen molar-refractivity contribution in [3.63, 3.8) is 0 Å². The fourth-order valence-corrected chi connectivity index (χ4v) is 3.93. The summed E-state index contributed by atoms with van der Waals surface area (Å²) in [4.78, 5) is 23.6. The number of halogens is 1. The van der Waals surface area contributed by atoms with Crippen LogP contribution in [-0.2, 0) is 11.3 Å². The number of nitrogens with one attached hydrogen (secondary N) is 1. The van der Waals surface area contributed by atoms with E-state index in [1.54, 1.807) is 47.0 Å². The van der Waals surface area contributed by atoms with Crippen molar-refractivity contribution in [3.8, 4) is 11.4 Å². The molecule has 4 rings (SSSR count). The maximum Gasteiger partial charge on any atom is 0.248 e. The van der Waals surface area contributed by atoms with Crippen molar-refractivity contribution in [3.05, 3.63) is 95.8 Å². The first-order valence-electron chi connectivity index (χ1n) is 10.1. The first-order chi connectivity index (χ1) is 16.0. The zero-order valence-electron chi connectivity index (χ0n) is 17.4. The van der Waals surface area contributed by atoms with Crippen molar-refractivity contribution in [1.29, 1.82) is 0 Å². The number of nitrogens with two attached hydrogens (primary N) is 1. The molecule has 4 aromatic rings. The Kier molecular flexibility index (Phi) is 6.80. The van der Waals surface area contributed by atoms with E-state index in [2.05, 4.69) is 15.5 Å². The number of hydrogen-bond donors (Lipinski definition) is 2. The predicted molar refractivity (Wildman–Crippen MR) is 125 cm³/mol. The van der Waals surface area contributed by atoms with Crippen LogP contribution in [0.15, 0.2) is 84.0 Å². The third-order valence-electron chi connectivity index (χ3n) is 4.80. The minimum absolute atomic E-state index is 0.0712. The molecule has 0 fully saturated rings. The standard InChI is InChI=1S/C24H20FN5O2S/c25-20-9-5-4-8-19(20)23-28-29-24(30(23)14-16-6-2-1-3-7-16)33-15-21(31)27-18-12-10-17(11-13-18)22(26)32/h1-13H,14-15H2,(H2,26,32)(H,27,31). The Morgan fingerprint density at radius 1 is 0.939 bits per heavy atom. The van der Waals surface area contributed by atoms with Gasteiger partial charge >= 0.3 is 0 Å². The van der Waals surface area contributed by atoms with Crippen molar-refractivity contribution >= 4 is 29.3 Å². The van der Waals surface area contributed by atoms with Gasteiger partial charge in [-0.2, -0.15) is 0 Å². The molecule has 0 saturated heterocycles. The molecule has 0 aliphatic carbocycles. The van der Waals surface area contributed by atoms with Crippen LogP contribution in [0, 0.1) is 5.82 Å². The molecular formula is C24H20FN5O2S. The second-order valence-electron chi connectivity index (χ2n) is 7.14. The fraction of sp³-hybridized carbons (Fsp3) is 0.0833. The number of hydrogen-bond acceptors (Lipinski definition) is 5. The van der Waals surface area contributed by atoms with Crippen molar-refractivity contribution in [2.45, 2.75) is 11.7 Å². The summed E-state index contributed by atoms with van der Waals surface area (Å²) in [7, 11) is 0. The first-order valence-corrected chi connectivity index (χ1v) is 11.0. The Morgan fingerprint density at radius 2 is 1.64 bits per heavy atom. The zero-order valence-corrected chi connectivity index (χ0v) is 18.3. The lowest BCUT2D eigenvalue weighted by Gasteiger charge is -2.11. The van der Waals surface area contributed by atoms with Gasteiger partial charge in [0.05, 0.1) is 17.9 Å². The molecule has 3 N–H and O–H groups in total. The van der Waals surface area contributed by atoms with Crippen LogP contribution in [0.5, 0.6) is 0 Å². The molecule has 0 unspecified atom stereocenters.